The van der Waals surface area contributed by atoms with Crippen LogP contribution in [-0.4, -0.2) is 15.5 Å². The molecule has 76 valence electrons. The van der Waals surface area contributed by atoms with Gasteiger partial charge in [0.05, 0.1) is 11.0 Å². The zero-order valence-corrected chi connectivity index (χ0v) is 8.45. The van der Waals surface area contributed by atoms with E-state index in [1.165, 1.54) is 5.56 Å². The van der Waals surface area contributed by atoms with Gasteiger partial charge in [-0.05, 0) is 24.6 Å². The molecule has 3 rings (SSSR count). The van der Waals surface area contributed by atoms with Crippen molar-refractivity contribution in [2.75, 3.05) is 5.32 Å². The number of benzene rings is 1. The number of aryl methyl sites for hydroxylation is 2. The molecule has 2 heterocycles. The summed E-state index contributed by atoms with van der Waals surface area (Å²) >= 11 is 0. The summed E-state index contributed by atoms with van der Waals surface area (Å²) < 4.78 is 2.06. The Morgan fingerprint density at radius 2 is 2.33 bits per heavy atom. The molecule has 4 nitrogen and oxygen atoms in total. The number of carbonyl (C=O) groups is 1. The predicted octanol–water partition coefficient (Wildman–Crippen LogP) is 1.69. The highest BCUT2D eigenvalue weighted by Crippen LogP contribution is 2.23. The first kappa shape index (κ1) is 8.47. The summed E-state index contributed by atoms with van der Waals surface area (Å²) in [5.74, 6) is 0.723. The van der Waals surface area contributed by atoms with Crippen molar-refractivity contribution in [3.8, 4) is 0 Å². The molecule has 0 atom stereocenters. The van der Waals surface area contributed by atoms with Gasteiger partial charge in [0, 0.05) is 13.0 Å². The van der Waals surface area contributed by atoms with Gasteiger partial charge in [-0.1, -0.05) is 6.07 Å². The average Bonchev–Trinajstić information content (AvgIpc) is 2.54. The van der Waals surface area contributed by atoms with Crippen LogP contribution in [0.4, 0.5) is 5.95 Å². The summed E-state index contributed by atoms with van der Waals surface area (Å²) in [4.78, 5) is 15.6. The third kappa shape index (κ3) is 1.21. The van der Waals surface area contributed by atoms with Crippen LogP contribution in [0.15, 0.2) is 18.2 Å². The SMILES string of the molecule is Cc1ccc2nc3n(c2c1)CCC(=O)N3. The van der Waals surface area contributed by atoms with Crippen molar-refractivity contribution in [2.45, 2.75) is 19.9 Å². The van der Waals surface area contributed by atoms with Crippen molar-refractivity contribution in [3.63, 3.8) is 0 Å². The molecule has 0 spiro atoms. The second-order valence-corrected chi connectivity index (χ2v) is 3.88. The Morgan fingerprint density at radius 1 is 1.47 bits per heavy atom. The molecule has 0 radical (unpaired) electrons. The minimum atomic E-state index is 0.0505. The zero-order chi connectivity index (χ0) is 10.4. The Morgan fingerprint density at radius 3 is 3.20 bits per heavy atom. The maximum atomic E-state index is 11.2. The lowest BCUT2D eigenvalue weighted by Gasteiger charge is -2.14. The van der Waals surface area contributed by atoms with Gasteiger partial charge < -0.3 is 4.57 Å². The molecule has 1 aliphatic heterocycles. The van der Waals surface area contributed by atoms with Gasteiger partial charge in [-0.3, -0.25) is 10.1 Å². The number of carbonyl (C=O) groups excluding carboxylic acids is 1. The van der Waals surface area contributed by atoms with E-state index in [2.05, 4.69) is 27.9 Å². The number of rotatable bonds is 0. The standard InChI is InChI=1S/C11H11N3O/c1-7-2-3-8-9(6-7)14-5-4-10(15)13-11(14)12-8/h2-3,6H,4-5H2,1H3,(H,12,13,15). The third-order valence-corrected chi connectivity index (χ3v) is 2.72. The lowest BCUT2D eigenvalue weighted by atomic mass is 10.2. The topological polar surface area (TPSA) is 46.9 Å². The van der Waals surface area contributed by atoms with E-state index in [0.29, 0.717) is 12.4 Å². The summed E-state index contributed by atoms with van der Waals surface area (Å²) in [5.41, 5.74) is 3.25. The zero-order valence-electron chi connectivity index (χ0n) is 8.45. The minimum Gasteiger partial charge on any atom is -0.309 e. The van der Waals surface area contributed by atoms with Crippen molar-refractivity contribution in [3.05, 3.63) is 23.8 Å². The van der Waals surface area contributed by atoms with Crippen molar-refractivity contribution in [2.24, 2.45) is 0 Å². The molecule has 1 N–H and O–H groups in total. The normalized spacial score (nSPS) is 15.1. The molecule has 0 saturated heterocycles. The van der Waals surface area contributed by atoms with Crippen LogP contribution in [0.3, 0.4) is 0 Å². The van der Waals surface area contributed by atoms with Crippen LogP contribution in [0.2, 0.25) is 0 Å². The fourth-order valence-corrected chi connectivity index (χ4v) is 1.96. The average molecular weight is 201 g/mol. The molecule has 0 bridgehead atoms. The molecule has 0 aliphatic carbocycles. The van der Waals surface area contributed by atoms with E-state index in [0.717, 1.165) is 17.6 Å². The van der Waals surface area contributed by atoms with Gasteiger partial charge >= 0.3 is 0 Å². The highest BCUT2D eigenvalue weighted by Gasteiger charge is 2.18. The number of nitrogens with one attached hydrogen (secondary N) is 1. The van der Waals surface area contributed by atoms with Crippen molar-refractivity contribution < 1.29 is 4.79 Å². The lowest BCUT2D eigenvalue weighted by molar-refractivity contribution is -0.116. The molecule has 1 amide bonds. The highest BCUT2D eigenvalue weighted by molar-refractivity contribution is 5.93. The third-order valence-electron chi connectivity index (χ3n) is 2.72. The second-order valence-electron chi connectivity index (χ2n) is 3.88. The molecular formula is C11H11N3O. The van der Waals surface area contributed by atoms with Crippen molar-refractivity contribution in [1.82, 2.24) is 9.55 Å². The van der Waals surface area contributed by atoms with Crippen LogP contribution in [0.5, 0.6) is 0 Å². The van der Waals surface area contributed by atoms with Crippen LogP contribution in [0, 0.1) is 6.92 Å². The van der Waals surface area contributed by atoms with E-state index in [4.69, 9.17) is 0 Å². The Hall–Kier alpha value is -1.84. The Labute approximate surface area is 86.9 Å². The smallest absolute Gasteiger partial charge is 0.228 e. The Balaban J connectivity index is 2.28. The van der Waals surface area contributed by atoms with Crippen LogP contribution in [0.1, 0.15) is 12.0 Å². The number of imidazole rings is 1. The molecule has 15 heavy (non-hydrogen) atoms. The first-order chi connectivity index (χ1) is 7.24. The molecule has 1 aromatic carbocycles. The number of hydrogen-bond acceptors (Lipinski definition) is 2. The summed E-state index contributed by atoms with van der Waals surface area (Å²) in [6, 6.07) is 6.12. The van der Waals surface area contributed by atoms with Gasteiger partial charge in [-0.15, -0.1) is 0 Å². The molecule has 4 heteroatoms. The summed E-state index contributed by atoms with van der Waals surface area (Å²) in [7, 11) is 0. The van der Waals surface area contributed by atoms with E-state index < -0.39 is 0 Å². The van der Waals surface area contributed by atoms with Gasteiger partial charge in [0.25, 0.3) is 0 Å². The first-order valence-corrected chi connectivity index (χ1v) is 5.01. The quantitative estimate of drug-likeness (QED) is 0.705. The maximum absolute atomic E-state index is 11.2. The lowest BCUT2D eigenvalue weighted by Crippen LogP contribution is -2.23. The summed E-state index contributed by atoms with van der Waals surface area (Å²) in [5, 5.41) is 2.78. The van der Waals surface area contributed by atoms with Crippen molar-refractivity contribution >= 4 is 22.9 Å². The largest absolute Gasteiger partial charge is 0.309 e. The Kier molecular flexibility index (Phi) is 1.59. The van der Waals surface area contributed by atoms with E-state index >= 15 is 0 Å². The number of amides is 1. The second kappa shape index (κ2) is 2.82. The monoisotopic (exact) mass is 201 g/mol. The van der Waals surface area contributed by atoms with Crippen molar-refractivity contribution in [1.29, 1.82) is 0 Å². The number of anilines is 1. The molecular weight excluding hydrogens is 190 g/mol. The minimum absolute atomic E-state index is 0.0505. The predicted molar refractivity (Wildman–Crippen MR) is 57.7 cm³/mol. The van der Waals surface area contributed by atoms with E-state index in [9.17, 15) is 4.79 Å². The molecule has 1 aliphatic rings. The molecule has 0 saturated carbocycles. The van der Waals surface area contributed by atoms with Gasteiger partial charge in [-0.2, -0.15) is 0 Å². The maximum Gasteiger partial charge on any atom is 0.228 e. The number of aromatic nitrogens is 2. The number of nitrogens with zero attached hydrogens (tertiary/aromatic N) is 2. The first-order valence-electron chi connectivity index (χ1n) is 5.01. The van der Waals surface area contributed by atoms with Crippen LogP contribution in [-0.2, 0) is 11.3 Å². The van der Waals surface area contributed by atoms with E-state index in [1.54, 1.807) is 0 Å². The number of fused-ring (bicyclic) bond motifs is 3. The van der Waals surface area contributed by atoms with Gasteiger partial charge in [0.1, 0.15) is 0 Å². The van der Waals surface area contributed by atoms with Gasteiger partial charge in [-0.25, -0.2) is 4.98 Å². The molecule has 0 fully saturated rings. The summed E-state index contributed by atoms with van der Waals surface area (Å²) in [6.45, 7) is 2.78. The van der Waals surface area contributed by atoms with Gasteiger partial charge in [0.2, 0.25) is 11.9 Å². The molecule has 0 unspecified atom stereocenters. The van der Waals surface area contributed by atoms with E-state index in [-0.39, 0.29) is 5.91 Å². The van der Waals surface area contributed by atoms with Crippen LogP contribution >= 0.6 is 0 Å². The molecule has 2 aromatic rings. The molecule has 1 aromatic heterocycles. The van der Waals surface area contributed by atoms with E-state index in [1.807, 2.05) is 12.1 Å². The summed E-state index contributed by atoms with van der Waals surface area (Å²) in [6.07, 6.45) is 0.534. The highest BCUT2D eigenvalue weighted by atomic mass is 16.1. The number of hydrogen-bond donors (Lipinski definition) is 1. The van der Waals surface area contributed by atoms with Gasteiger partial charge in [0.15, 0.2) is 0 Å². The Bertz CT molecular complexity index is 556. The van der Waals surface area contributed by atoms with Crippen LogP contribution < -0.4 is 5.32 Å². The fraction of sp³-hybridized carbons (Fsp3) is 0.273. The fourth-order valence-electron chi connectivity index (χ4n) is 1.96. The van der Waals surface area contributed by atoms with Crippen LogP contribution in [0.25, 0.3) is 11.0 Å².